The molecule has 0 aromatic rings. The third-order valence-corrected chi connectivity index (χ3v) is 14.5. The summed E-state index contributed by atoms with van der Waals surface area (Å²) >= 11 is 0. The van der Waals surface area contributed by atoms with E-state index in [1.165, 1.54) is 82.8 Å². The molecule has 11 atom stereocenters. The number of likely N-dealkylation sites (N-methyl/N-ethyl adjacent to an activating group) is 7. The van der Waals surface area contributed by atoms with Gasteiger partial charge in [0, 0.05) is 55.3 Å². The van der Waals surface area contributed by atoms with Gasteiger partial charge in [0.1, 0.15) is 48.3 Å². The normalized spacial score (nSPS) is 15.7. The summed E-state index contributed by atoms with van der Waals surface area (Å²) in [4.78, 5) is 159. The predicted molar refractivity (Wildman–Crippen MR) is 307 cm³/mol. The van der Waals surface area contributed by atoms with E-state index >= 15 is 4.79 Å². The highest BCUT2D eigenvalue weighted by Crippen LogP contribution is 2.25. The molecule has 6 N–H and O–H groups in total. The zero-order valence-electron chi connectivity index (χ0n) is 52.4. The molecule has 0 saturated carbocycles. The molecule has 0 aliphatic heterocycles. The Morgan fingerprint density at radius 3 is 1.41 bits per heavy atom. The van der Waals surface area contributed by atoms with Crippen LogP contribution in [-0.4, -0.2) is 221 Å². The van der Waals surface area contributed by atoms with Crippen molar-refractivity contribution in [3.63, 3.8) is 0 Å². The molecule has 458 valence electrons. The molecule has 1 unspecified atom stereocenters. The second-order valence-electron chi connectivity index (χ2n) is 23.5. The van der Waals surface area contributed by atoms with E-state index in [0.717, 1.165) is 14.7 Å². The highest BCUT2D eigenvalue weighted by atomic mass is 16.3. The van der Waals surface area contributed by atoms with Crippen LogP contribution in [-0.2, 0) is 52.7 Å². The number of carbonyl (C=O) groups is 11. The molecule has 80 heavy (non-hydrogen) atoms. The summed E-state index contributed by atoms with van der Waals surface area (Å²) in [6, 6.07) is -9.50. The van der Waals surface area contributed by atoms with Gasteiger partial charge in [-0.05, 0) is 89.4 Å². The predicted octanol–water partition coefficient (Wildman–Crippen LogP) is 1.84. The summed E-state index contributed by atoms with van der Waals surface area (Å²) in [5, 5.41) is 19.9. The van der Waals surface area contributed by atoms with Gasteiger partial charge in [-0.15, -0.1) is 0 Å². The van der Waals surface area contributed by atoms with Gasteiger partial charge < -0.3 is 61.1 Å². The monoisotopic (exact) mass is 1130 g/mol. The van der Waals surface area contributed by atoms with Crippen LogP contribution < -0.4 is 21.7 Å². The number of aliphatic hydroxyl groups excluding tert-OH is 1. The number of nitrogens with two attached hydrogens (primary N) is 1. The smallest absolute Gasteiger partial charge is 0.246 e. The van der Waals surface area contributed by atoms with Gasteiger partial charge in [0.05, 0.1) is 19.2 Å². The summed E-state index contributed by atoms with van der Waals surface area (Å²) in [5.41, 5.74) is 5.23. The maximum absolute atomic E-state index is 15.0. The molecule has 0 heterocycles. The molecule has 0 aromatic heterocycles. The van der Waals surface area contributed by atoms with Gasteiger partial charge in [0.2, 0.25) is 65.0 Å². The molecule has 0 saturated heterocycles. The molecule has 0 spiro atoms. The van der Waals surface area contributed by atoms with Gasteiger partial charge in [0.15, 0.2) is 0 Å². The number of amides is 11. The Morgan fingerprint density at radius 1 is 0.500 bits per heavy atom. The van der Waals surface area contributed by atoms with E-state index in [4.69, 9.17) is 5.73 Å². The van der Waals surface area contributed by atoms with E-state index in [1.807, 2.05) is 41.5 Å². The maximum Gasteiger partial charge on any atom is 0.246 e. The number of hydrogen-bond donors (Lipinski definition) is 5. The first-order valence-electron chi connectivity index (χ1n) is 28.1. The van der Waals surface area contributed by atoms with Gasteiger partial charge in [0.25, 0.3) is 0 Å². The third kappa shape index (κ3) is 22.1. The van der Waals surface area contributed by atoms with Gasteiger partial charge in [-0.1, -0.05) is 88.3 Å². The average Bonchev–Trinajstić information content (AvgIpc) is 3.37. The fraction of sp³-hybridized carbons (Fsp3) is 0.772. The van der Waals surface area contributed by atoms with E-state index in [1.54, 1.807) is 60.6 Å². The van der Waals surface area contributed by atoms with Crippen molar-refractivity contribution in [1.82, 2.24) is 50.2 Å². The molecule has 0 radical (unpaired) electrons. The lowest BCUT2D eigenvalue weighted by atomic mass is 9.91. The second kappa shape index (κ2) is 34.2. The van der Waals surface area contributed by atoms with Gasteiger partial charge >= 0.3 is 0 Å². The number of nitrogens with zero attached hydrogens (tertiary/aromatic N) is 7. The Bertz CT molecular complexity index is 2150. The van der Waals surface area contributed by atoms with Crippen molar-refractivity contribution >= 4 is 65.0 Å². The minimum Gasteiger partial charge on any atom is -0.390 e. The SMILES string of the molecule is C/C=C/C[C@@H](C)[C@H](O)C(C(=O)N[C@H](CC)C(=O)N(C)CC(=O)N(C)CC(N)=O)N(C)C(=O)[C@@H](C(C)C)N(C)C(=O)[C@@H](CC(C)C)N(C)C(=O)[C@@H](CC(C)C)N(C)C(=O)[C@H](C)NC(=O)[C@@H](C)NC(=O)[C@@H](C)N(C)C(=O)[C@@H](C)CC(C)C. The van der Waals surface area contributed by atoms with Crippen molar-refractivity contribution < 1.29 is 57.8 Å². The quantitative estimate of drug-likeness (QED) is 0.0589. The maximum atomic E-state index is 15.0. The minimum atomic E-state index is -1.59. The van der Waals surface area contributed by atoms with E-state index in [9.17, 15) is 53.1 Å². The summed E-state index contributed by atoms with van der Waals surface area (Å²) in [6.45, 7) is 25.5. The Kier molecular flexibility index (Phi) is 31.6. The van der Waals surface area contributed by atoms with Crippen LogP contribution in [0.2, 0.25) is 0 Å². The first-order valence-corrected chi connectivity index (χ1v) is 28.1. The number of hydrogen-bond acceptors (Lipinski definition) is 12. The molecule has 0 rings (SSSR count). The van der Waals surface area contributed by atoms with Crippen molar-refractivity contribution in [2.45, 2.75) is 190 Å². The number of aliphatic hydroxyl groups is 1. The number of nitrogens with one attached hydrogen (secondary N) is 3. The van der Waals surface area contributed by atoms with Crippen molar-refractivity contribution in [3.05, 3.63) is 12.2 Å². The number of primary amides is 1. The van der Waals surface area contributed by atoms with E-state index in [-0.39, 0.29) is 55.4 Å². The fourth-order valence-electron chi connectivity index (χ4n) is 9.47. The lowest BCUT2D eigenvalue weighted by Gasteiger charge is -2.41. The molecule has 0 bridgehead atoms. The minimum absolute atomic E-state index is 0.0593. The standard InChI is InChI=1S/C57H103N11O12/c1-23-25-26-36(11)48(71)47(51(74)61-41(24-2)54(77)63(17)31-45(70)62(16)30-44(58)69)68(22)57(80)46(35(9)10)67(21)56(79)43(29-34(7)8)66(20)55(78)42(28-33(5)6)65(19)53(76)39(14)60-49(72)38(13)59-50(73)40(15)64(18)52(75)37(12)27-32(3)4/h23,25,32-43,46-48,71H,24,26-31H2,1-22H3,(H2,58,69)(H,59,73)(H,60,72)(H,61,74)/b25-23+/t36-,37+,38-,39+,40-,41-,42-,43-,46-,47?,48+/m1/s1. The Balaban J connectivity index is 6.92. The lowest BCUT2D eigenvalue weighted by Crippen LogP contribution is -2.63. The van der Waals surface area contributed by atoms with Crippen LogP contribution >= 0.6 is 0 Å². The van der Waals surface area contributed by atoms with Crippen LogP contribution in [0.3, 0.4) is 0 Å². The second-order valence-corrected chi connectivity index (χ2v) is 23.5. The van der Waals surface area contributed by atoms with Crippen LogP contribution in [0.1, 0.15) is 136 Å². The Labute approximate surface area is 477 Å². The number of carbonyl (C=O) groups excluding carboxylic acids is 11. The summed E-state index contributed by atoms with van der Waals surface area (Å²) in [5.74, 6) is -8.35. The van der Waals surface area contributed by atoms with Crippen molar-refractivity contribution in [1.29, 1.82) is 0 Å². The molecule has 0 aromatic carbocycles. The van der Waals surface area contributed by atoms with Crippen LogP contribution in [0.4, 0.5) is 0 Å². The molecular formula is C57H103N11O12. The van der Waals surface area contributed by atoms with Gasteiger partial charge in [-0.2, -0.15) is 0 Å². The summed E-state index contributed by atoms with van der Waals surface area (Å²) in [7, 11) is 9.89. The number of rotatable bonds is 33. The van der Waals surface area contributed by atoms with Crippen molar-refractivity contribution in [2.75, 3.05) is 62.4 Å². The van der Waals surface area contributed by atoms with Crippen molar-refractivity contribution in [3.8, 4) is 0 Å². The molecular weight excluding hydrogens is 1030 g/mol. The largest absolute Gasteiger partial charge is 0.390 e. The molecule has 0 aliphatic rings. The fourth-order valence-corrected chi connectivity index (χ4v) is 9.47. The third-order valence-electron chi connectivity index (χ3n) is 14.5. The highest BCUT2D eigenvalue weighted by Gasteiger charge is 2.45. The molecule has 0 aliphatic carbocycles. The first kappa shape index (κ1) is 73.9. The summed E-state index contributed by atoms with van der Waals surface area (Å²) < 4.78 is 0. The van der Waals surface area contributed by atoms with E-state index < -0.39 is 132 Å². The van der Waals surface area contributed by atoms with Gasteiger partial charge in [-0.3, -0.25) is 52.7 Å². The molecule has 23 nitrogen and oxygen atoms in total. The topological polar surface area (TPSA) is 293 Å². The lowest BCUT2D eigenvalue weighted by molar-refractivity contribution is -0.157. The molecule has 0 fully saturated rings. The zero-order chi connectivity index (χ0) is 62.5. The Morgan fingerprint density at radius 2 is 0.963 bits per heavy atom. The zero-order valence-corrected chi connectivity index (χ0v) is 52.4. The number of allylic oxidation sites excluding steroid dienone is 2. The average molecular weight is 1130 g/mol. The Hall–Kier alpha value is -6.13. The van der Waals surface area contributed by atoms with E-state index in [2.05, 4.69) is 16.0 Å². The van der Waals surface area contributed by atoms with Crippen LogP contribution in [0.25, 0.3) is 0 Å². The van der Waals surface area contributed by atoms with Crippen LogP contribution in [0, 0.1) is 35.5 Å². The first-order chi connectivity index (χ1) is 36.8. The van der Waals surface area contributed by atoms with E-state index in [0.29, 0.717) is 12.8 Å². The molecule has 23 heteroatoms. The van der Waals surface area contributed by atoms with Crippen LogP contribution in [0.15, 0.2) is 12.2 Å². The molecule has 11 amide bonds. The summed E-state index contributed by atoms with van der Waals surface area (Å²) in [6.07, 6.45) is 3.41. The van der Waals surface area contributed by atoms with Crippen LogP contribution in [0.5, 0.6) is 0 Å². The highest BCUT2D eigenvalue weighted by molar-refractivity contribution is 5.98. The van der Waals surface area contributed by atoms with Gasteiger partial charge in [-0.25, -0.2) is 0 Å². The van der Waals surface area contributed by atoms with Crippen molar-refractivity contribution in [2.24, 2.45) is 41.2 Å².